The number of aliphatic hydroxyl groups is 1. The Hall–Kier alpha value is -0.940. The Labute approximate surface area is 108 Å². The molecule has 0 aromatic heterocycles. The molecule has 0 fully saturated rings. The van der Waals surface area contributed by atoms with Crippen LogP contribution in [-0.2, 0) is 0 Å². The Morgan fingerprint density at radius 3 is 2.94 bits per heavy atom. The molecule has 0 unspecified atom stereocenters. The number of halogens is 2. The molecule has 1 aromatic carbocycles. The largest absolute Gasteiger partial charge is 0.388 e. The molecular formula is C13H13F2NOS. The van der Waals surface area contributed by atoms with Crippen LogP contribution in [-0.4, -0.2) is 22.4 Å². The quantitative estimate of drug-likeness (QED) is 0.895. The molecule has 2 nitrogen and oxygen atoms in total. The molecule has 96 valence electrons. The number of benzene rings is 1. The van der Waals surface area contributed by atoms with Gasteiger partial charge < -0.3 is 5.11 Å². The number of fused-ring (bicyclic) bond motifs is 1. The molecule has 0 radical (unpaired) electrons. The van der Waals surface area contributed by atoms with Gasteiger partial charge in [0.25, 0.3) is 0 Å². The zero-order valence-electron chi connectivity index (χ0n) is 9.70. The number of aliphatic hydroxyl groups excluding tert-OH is 1. The fourth-order valence-electron chi connectivity index (χ4n) is 2.72. The molecule has 2 atom stereocenters. The van der Waals surface area contributed by atoms with Gasteiger partial charge in [0.15, 0.2) is 0 Å². The lowest BCUT2D eigenvalue weighted by atomic mass is 9.98. The van der Waals surface area contributed by atoms with Crippen molar-refractivity contribution in [2.24, 2.45) is 4.99 Å². The van der Waals surface area contributed by atoms with Crippen LogP contribution in [0.4, 0.5) is 8.78 Å². The highest BCUT2D eigenvalue weighted by atomic mass is 32.2. The van der Waals surface area contributed by atoms with Crippen LogP contribution in [0, 0.1) is 11.6 Å². The van der Waals surface area contributed by atoms with Gasteiger partial charge in [0.1, 0.15) is 11.6 Å². The number of thioether (sulfide) groups is 1. The average Bonchev–Trinajstić information content (AvgIpc) is 2.88. The molecule has 0 bridgehead atoms. The molecular weight excluding hydrogens is 256 g/mol. The van der Waals surface area contributed by atoms with Gasteiger partial charge in [-0.15, -0.1) is 11.8 Å². The second-order valence-corrected chi connectivity index (χ2v) is 5.84. The van der Waals surface area contributed by atoms with Gasteiger partial charge >= 0.3 is 0 Å². The minimum atomic E-state index is -0.822. The van der Waals surface area contributed by atoms with Gasteiger partial charge in [-0.3, -0.25) is 4.99 Å². The Balaban J connectivity index is 1.92. The number of rotatable bonds is 2. The first-order valence-electron chi connectivity index (χ1n) is 5.98. The van der Waals surface area contributed by atoms with Crippen molar-refractivity contribution in [3.63, 3.8) is 0 Å². The first-order chi connectivity index (χ1) is 8.65. The van der Waals surface area contributed by atoms with Gasteiger partial charge in [-0.2, -0.15) is 0 Å². The van der Waals surface area contributed by atoms with Crippen LogP contribution in [0.2, 0.25) is 0 Å². The van der Waals surface area contributed by atoms with E-state index in [2.05, 4.69) is 4.99 Å². The van der Waals surface area contributed by atoms with Crippen molar-refractivity contribution < 1.29 is 13.9 Å². The topological polar surface area (TPSA) is 32.6 Å². The summed E-state index contributed by atoms with van der Waals surface area (Å²) >= 11 is 1.69. The molecule has 18 heavy (non-hydrogen) atoms. The second-order valence-electron chi connectivity index (χ2n) is 4.67. The summed E-state index contributed by atoms with van der Waals surface area (Å²) in [5, 5.41) is 10.9. The third kappa shape index (κ3) is 2.06. The highest BCUT2D eigenvalue weighted by Gasteiger charge is 2.34. The van der Waals surface area contributed by atoms with E-state index in [0.717, 1.165) is 23.4 Å². The molecule has 3 rings (SSSR count). The summed E-state index contributed by atoms with van der Waals surface area (Å²) < 4.78 is 26.9. The Morgan fingerprint density at radius 2 is 2.22 bits per heavy atom. The van der Waals surface area contributed by atoms with Crippen LogP contribution < -0.4 is 0 Å². The third-order valence-corrected chi connectivity index (χ3v) is 4.49. The number of nitrogens with zero attached hydrogens (tertiary/aromatic N) is 1. The molecule has 1 N–H and O–H groups in total. The van der Waals surface area contributed by atoms with E-state index in [9.17, 15) is 13.9 Å². The zero-order valence-corrected chi connectivity index (χ0v) is 10.5. The monoisotopic (exact) mass is 269 g/mol. The number of hydrogen-bond donors (Lipinski definition) is 1. The smallest absolute Gasteiger partial charge is 0.132 e. The summed E-state index contributed by atoms with van der Waals surface area (Å²) in [6, 6.07) is 2.19. The Bertz CT molecular complexity index is 518. The van der Waals surface area contributed by atoms with Gasteiger partial charge in [0, 0.05) is 30.3 Å². The molecule has 5 heteroatoms. The zero-order chi connectivity index (χ0) is 12.7. The lowest BCUT2D eigenvalue weighted by Gasteiger charge is -2.10. The summed E-state index contributed by atoms with van der Waals surface area (Å²) in [6.07, 6.45) is 0.310. The molecule has 2 aliphatic rings. The first-order valence-corrected chi connectivity index (χ1v) is 6.96. The molecule has 0 saturated heterocycles. The summed E-state index contributed by atoms with van der Waals surface area (Å²) in [5.74, 6) is -0.258. The maximum Gasteiger partial charge on any atom is 0.132 e. The molecule has 1 heterocycles. The van der Waals surface area contributed by atoms with E-state index >= 15 is 0 Å². The van der Waals surface area contributed by atoms with E-state index in [1.807, 2.05) is 0 Å². The van der Waals surface area contributed by atoms with Crippen LogP contribution in [0.25, 0.3) is 0 Å². The Kier molecular flexibility index (Phi) is 3.11. The SMILES string of the molecule is O[C@@H]1C[C@H](CC2=NCCS2)c2cc(F)cc(F)c21. The van der Waals surface area contributed by atoms with Crippen molar-refractivity contribution >= 4 is 16.8 Å². The summed E-state index contributed by atoms with van der Waals surface area (Å²) in [6.45, 7) is 0.819. The van der Waals surface area contributed by atoms with Crippen molar-refractivity contribution in [1.29, 1.82) is 0 Å². The normalized spacial score (nSPS) is 26.3. The van der Waals surface area contributed by atoms with E-state index in [1.165, 1.54) is 6.07 Å². The fourth-order valence-corrected chi connectivity index (χ4v) is 3.64. The van der Waals surface area contributed by atoms with Crippen LogP contribution in [0.1, 0.15) is 36.0 Å². The highest BCUT2D eigenvalue weighted by molar-refractivity contribution is 8.14. The first kappa shape index (κ1) is 12.1. The minimum Gasteiger partial charge on any atom is -0.388 e. The van der Waals surface area contributed by atoms with Crippen LogP contribution in [0.15, 0.2) is 17.1 Å². The second kappa shape index (κ2) is 4.63. The van der Waals surface area contributed by atoms with Gasteiger partial charge in [-0.1, -0.05) is 0 Å². The molecule has 0 spiro atoms. The summed E-state index contributed by atoms with van der Waals surface area (Å²) in [7, 11) is 0. The average molecular weight is 269 g/mol. The molecule has 1 aliphatic heterocycles. The molecule has 1 aliphatic carbocycles. The molecule has 1 aromatic rings. The van der Waals surface area contributed by atoms with E-state index in [4.69, 9.17) is 0 Å². The predicted molar refractivity (Wildman–Crippen MR) is 68.1 cm³/mol. The fraction of sp³-hybridized carbons (Fsp3) is 0.462. The van der Waals surface area contributed by atoms with E-state index in [1.54, 1.807) is 11.8 Å². The van der Waals surface area contributed by atoms with Crippen molar-refractivity contribution in [3.05, 3.63) is 34.9 Å². The van der Waals surface area contributed by atoms with E-state index in [-0.39, 0.29) is 11.5 Å². The van der Waals surface area contributed by atoms with Gasteiger partial charge in [-0.05, 0) is 24.0 Å². The van der Waals surface area contributed by atoms with Crippen LogP contribution >= 0.6 is 11.8 Å². The van der Waals surface area contributed by atoms with E-state index in [0.29, 0.717) is 18.4 Å². The summed E-state index contributed by atoms with van der Waals surface area (Å²) in [5.41, 5.74) is 0.875. The third-order valence-electron chi connectivity index (χ3n) is 3.48. The van der Waals surface area contributed by atoms with Crippen molar-refractivity contribution in [2.45, 2.75) is 24.9 Å². The van der Waals surface area contributed by atoms with Crippen molar-refractivity contribution in [2.75, 3.05) is 12.3 Å². The Morgan fingerprint density at radius 1 is 1.39 bits per heavy atom. The van der Waals surface area contributed by atoms with Crippen LogP contribution in [0.5, 0.6) is 0 Å². The standard InChI is InChI=1S/C13H13F2NOS/c14-8-5-9-7(4-12-16-1-2-18-12)3-11(17)13(9)10(15)6-8/h5-7,11,17H,1-4H2/t7-,11-/m1/s1. The predicted octanol–water partition coefficient (Wildman–Crippen LogP) is 3.02. The van der Waals surface area contributed by atoms with Gasteiger partial charge in [-0.25, -0.2) is 8.78 Å². The molecule has 0 amide bonds. The van der Waals surface area contributed by atoms with Crippen LogP contribution in [0.3, 0.4) is 0 Å². The van der Waals surface area contributed by atoms with Crippen molar-refractivity contribution in [1.82, 2.24) is 0 Å². The maximum atomic E-state index is 13.7. The summed E-state index contributed by atoms with van der Waals surface area (Å²) in [4.78, 5) is 4.35. The number of aliphatic imine (C=N–C) groups is 1. The van der Waals surface area contributed by atoms with Gasteiger partial charge in [0.05, 0.1) is 11.1 Å². The number of hydrogen-bond acceptors (Lipinski definition) is 3. The lowest BCUT2D eigenvalue weighted by molar-refractivity contribution is 0.169. The highest BCUT2D eigenvalue weighted by Crippen LogP contribution is 2.44. The lowest BCUT2D eigenvalue weighted by Crippen LogP contribution is -2.01. The minimum absolute atomic E-state index is 0.0236. The maximum absolute atomic E-state index is 13.7. The molecule has 0 saturated carbocycles. The van der Waals surface area contributed by atoms with Gasteiger partial charge in [0.2, 0.25) is 0 Å². The van der Waals surface area contributed by atoms with E-state index < -0.39 is 17.7 Å². The van der Waals surface area contributed by atoms with Crippen molar-refractivity contribution in [3.8, 4) is 0 Å².